The van der Waals surface area contributed by atoms with Crippen molar-refractivity contribution in [2.24, 2.45) is 0 Å². The molecule has 0 aromatic heterocycles. The molecular weight excluding hydrogens is 154 g/mol. The molecular formula is C9H17NO2. The molecule has 3 heteroatoms. The monoisotopic (exact) mass is 171 g/mol. The van der Waals surface area contributed by atoms with E-state index in [1.54, 1.807) is 0 Å². The lowest BCUT2D eigenvalue weighted by Crippen LogP contribution is -2.20. The Balaban J connectivity index is 3.29. The van der Waals surface area contributed by atoms with Gasteiger partial charge in [0.1, 0.15) is 0 Å². The van der Waals surface area contributed by atoms with Crippen molar-refractivity contribution in [2.45, 2.75) is 12.8 Å². The highest BCUT2D eigenvalue weighted by Gasteiger charge is 2.00. The Morgan fingerprint density at radius 2 is 2.33 bits per heavy atom. The average molecular weight is 171 g/mol. The zero-order valence-corrected chi connectivity index (χ0v) is 7.88. The van der Waals surface area contributed by atoms with Crippen molar-refractivity contribution in [1.82, 2.24) is 4.90 Å². The summed E-state index contributed by atoms with van der Waals surface area (Å²) >= 11 is 0. The highest BCUT2D eigenvalue weighted by atomic mass is 16.5. The van der Waals surface area contributed by atoms with Crippen LogP contribution in [-0.2, 0) is 9.53 Å². The summed E-state index contributed by atoms with van der Waals surface area (Å²) in [6.07, 6.45) is 3.19. The second-order valence-corrected chi connectivity index (χ2v) is 2.73. The zero-order valence-electron chi connectivity index (χ0n) is 7.88. The Morgan fingerprint density at radius 1 is 1.67 bits per heavy atom. The highest BCUT2D eigenvalue weighted by Crippen LogP contribution is 1.94. The van der Waals surface area contributed by atoms with E-state index in [1.807, 2.05) is 13.1 Å². The fraction of sp³-hybridized carbons (Fsp3) is 0.667. The Bertz CT molecular complexity index is 145. The lowest BCUT2D eigenvalue weighted by molar-refractivity contribution is -0.140. The van der Waals surface area contributed by atoms with Crippen LogP contribution in [0.3, 0.4) is 0 Å². The molecule has 12 heavy (non-hydrogen) atoms. The molecule has 0 rings (SSSR count). The number of likely N-dealkylation sites (N-methyl/N-ethyl adjacent to an activating group) is 1. The molecule has 0 atom stereocenters. The fourth-order valence-corrected chi connectivity index (χ4v) is 0.907. The minimum Gasteiger partial charge on any atom is -0.469 e. The van der Waals surface area contributed by atoms with E-state index in [0.29, 0.717) is 6.42 Å². The van der Waals surface area contributed by atoms with Crippen LogP contribution in [0, 0.1) is 0 Å². The van der Waals surface area contributed by atoms with Crippen LogP contribution in [0.15, 0.2) is 12.7 Å². The van der Waals surface area contributed by atoms with Crippen molar-refractivity contribution in [3.8, 4) is 0 Å². The number of carbonyl (C=O) groups is 1. The van der Waals surface area contributed by atoms with Gasteiger partial charge in [0.05, 0.1) is 7.11 Å². The summed E-state index contributed by atoms with van der Waals surface area (Å²) in [5, 5.41) is 0. The van der Waals surface area contributed by atoms with Crippen molar-refractivity contribution < 1.29 is 9.53 Å². The first kappa shape index (κ1) is 11.2. The Hall–Kier alpha value is -0.830. The van der Waals surface area contributed by atoms with Gasteiger partial charge in [-0.05, 0) is 20.0 Å². The van der Waals surface area contributed by atoms with Crippen molar-refractivity contribution in [1.29, 1.82) is 0 Å². The number of carbonyl (C=O) groups excluding carboxylic acids is 1. The van der Waals surface area contributed by atoms with Gasteiger partial charge in [-0.15, -0.1) is 6.58 Å². The Labute approximate surface area is 74.0 Å². The second-order valence-electron chi connectivity index (χ2n) is 2.73. The third kappa shape index (κ3) is 5.92. The predicted molar refractivity (Wildman–Crippen MR) is 48.9 cm³/mol. The lowest BCUT2D eigenvalue weighted by Gasteiger charge is -2.12. The zero-order chi connectivity index (χ0) is 9.40. The summed E-state index contributed by atoms with van der Waals surface area (Å²) in [5.41, 5.74) is 0. The van der Waals surface area contributed by atoms with Crippen molar-refractivity contribution in [2.75, 3.05) is 27.2 Å². The first-order valence-corrected chi connectivity index (χ1v) is 4.07. The summed E-state index contributed by atoms with van der Waals surface area (Å²) in [6.45, 7) is 5.39. The van der Waals surface area contributed by atoms with Crippen LogP contribution in [0.5, 0.6) is 0 Å². The number of hydrogen-bond donors (Lipinski definition) is 0. The van der Waals surface area contributed by atoms with E-state index in [1.165, 1.54) is 7.11 Å². The molecule has 0 spiro atoms. The topological polar surface area (TPSA) is 29.5 Å². The average Bonchev–Trinajstić information content (AvgIpc) is 2.04. The smallest absolute Gasteiger partial charge is 0.305 e. The minimum absolute atomic E-state index is 0.137. The maximum absolute atomic E-state index is 10.7. The van der Waals surface area contributed by atoms with Gasteiger partial charge in [-0.2, -0.15) is 0 Å². The first-order chi connectivity index (χ1) is 5.70. The van der Waals surface area contributed by atoms with E-state index in [2.05, 4.69) is 16.2 Å². The molecule has 0 aliphatic heterocycles. The molecule has 0 unspecified atom stereocenters. The van der Waals surface area contributed by atoms with Gasteiger partial charge in [0.25, 0.3) is 0 Å². The Morgan fingerprint density at radius 3 is 2.83 bits per heavy atom. The third-order valence-electron chi connectivity index (χ3n) is 1.59. The normalized spacial score (nSPS) is 9.92. The molecule has 70 valence electrons. The largest absolute Gasteiger partial charge is 0.469 e. The van der Waals surface area contributed by atoms with Gasteiger partial charge in [0.15, 0.2) is 0 Å². The summed E-state index contributed by atoms with van der Waals surface area (Å²) in [4.78, 5) is 12.8. The number of rotatable bonds is 6. The molecule has 3 nitrogen and oxygen atoms in total. The summed E-state index contributed by atoms with van der Waals surface area (Å²) in [7, 11) is 3.41. The quantitative estimate of drug-likeness (QED) is 0.442. The molecule has 0 saturated carbocycles. The second kappa shape index (κ2) is 6.85. The molecule has 0 aliphatic rings. The molecule has 0 aromatic carbocycles. The molecule has 0 aliphatic carbocycles. The maximum Gasteiger partial charge on any atom is 0.305 e. The lowest BCUT2D eigenvalue weighted by atomic mass is 10.3. The summed E-state index contributed by atoms with van der Waals surface area (Å²) in [5.74, 6) is -0.137. The van der Waals surface area contributed by atoms with E-state index >= 15 is 0 Å². The van der Waals surface area contributed by atoms with Crippen LogP contribution in [0.4, 0.5) is 0 Å². The maximum atomic E-state index is 10.7. The minimum atomic E-state index is -0.137. The highest BCUT2D eigenvalue weighted by molar-refractivity contribution is 5.69. The van der Waals surface area contributed by atoms with Gasteiger partial charge in [0, 0.05) is 13.0 Å². The van der Waals surface area contributed by atoms with Gasteiger partial charge in [-0.25, -0.2) is 0 Å². The molecule has 0 amide bonds. The Kier molecular flexibility index (Phi) is 6.38. The third-order valence-corrected chi connectivity index (χ3v) is 1.59. The van der Waals surface area contributed by atoms with Gasteiger partial charge in [-0.1, -0.05) is 6.08 Å². The van der Waals surface area contributed by atoms with Crippen LogP contribution in [0.2, 0.25) is 0 Å². The van der Waals surface area contributed by atoms with E-state index in [-0.39, 0.29) is 5.97 Å². The number of nitrogens with zero attached hydrogens (tertiary/aromatic N) is 1. The number of ether oxygens (including phenoxy) is 1. The predicted octanol–water partition coefficient (Wildman–Crippen LogP) is 1.06. The van der Waals surface area contributed by atoms with E-state index in [9.17, 15) is 4.79 Å². The van der Waals surface area contributed by atoms with Crippen LogP contribution >= 0.6 is 0 Å². The van der Waals surface area contributed by atoms with Crippen molar-refractivity contribution >= 4 is 5.97 Å². The van der Waals surface area contributed by atoms with Crippen LogP contribution in [0.25, 0.3) is 0 Å². The SMILES string of the molecule is C=CCN(C)CCCC(=O)OC. The fourth-order valence-electron chi connectivity index (χ4n) is 0.907. The first-order valence-electron chi connectivity index (χ1n) is 4.07. The van der Waals surface area contributed by atoms with Gasteiger partial charge < -0.3 is 9.64 Å². The molecule has 0 fully saturated rings. The van der Waals surface area contributed by atoms with E-state index < -0.39 is 0 Å². The number of esters is 1. The summed E-state index contributed by atoms with van der Waals surface area (Å²) in [6, 6.07) is 0. The van der Waals surface area contributed by atoms with E-state index in [4.69, 9.17) is 0 Å². The van der Waals surface area contributed by atoms with Gasteiger partial charge in [-0.3, -0.25) is 4.79 Å². The van der Waals surface area contributed by atoms with E-state index in [0.717, 1.165) is 19.5 Å². The molecule has 0 heterocycles. The number of hydrogen-bond acceptors (Lipinski definition) is 3. The molecule has 0 N–H and O–H groups in total. The van der Waals surface area contributed by atoms with Crippen LogP contribution in [0.1, 0.15) is 12.8 Å². The molecule has 0 radical (unpaired) electrons. The van der Waals surface area contributed by atoms with Crippen LogP contribution < -0.4 is 0 Å². The van der Waals surface area contributed by atoms with Crippen molar-refractivity contribution in [3.63, 3.8) is 0 Å². The molecule has 0 bridgehead atoms. The van der Waals surface area contributed by atoms with Crippen molar-refractivity contribution in [3.05, 3.63) is 12.7 Å². The number of methoxy groups -OCH3 is 1. The van der Waals surface area contributed by atoms with Crippen LogP contribution in [-0.4, -0.2) is 38.1 Å². The standard InChI is InChI=1S/C9H17NO2/c1-4-7-10(2)8-5-6-9(11)12-3/h4H,1,5-8H2,2-3H3. The van der Waals surface area contributed by atoms with Gasteiger partial charge in [0.2, 0.25) is 0 Å². The summed E-state index contributed by atoms with van der Waals surface area (Å²) < 4.78 is 4.51. The molecule has 0 saturated heterocycles. The molecule has 0 aromatic rings. The van der Waals surface area contributed by atoms with Gasteiger partial charge >= 0.3 is 5.97 Å².